The van der Waals surface area contributed by atoms with Gasteiger partial charge in [-0.25, -0.2) is 4.39 Å². The van der Waals surface area contributed by atoms with E-state index in [1.54, 1.807) is 6.07 Å². The van der Waals surface area contributed by atoms with Crippen LogP contribution in [-0.4, -0.2) is 6.04 Å². The highest BCUT2D eigenvalue weighted by atomic mass is 79.9. The van der Waals surface area contributed by atoms with Gasteiger partial charge in [-0.15, -0.1) is 0 Å². The average molecular weight is 361 g/mol. The van der Waals surface area contributed by atoms with Crippen LogP contribution in [0.25, 0.3) is 11.0 Å². The minimum Gasteiger partial charge on any atom is -0.458 e. The predicted molar refractivity (Wildman–Crippen MR) is 82.8 cm³/mol. The van der Waals surface area contributed by atoms with Gasteiger partial charge in [-0.1, -0.05) is 25.4 Å². The zero-order chi connectivity index (χ0) is 14.4. The van der Waals surface area contributed by atoms with Gasteiger partial charge in [0.15, 0.2) is 11.4 Å². The van der Waals surface area contributed by atoms with E-state index in [9.17, 15) is 4.39 Å². The van der Waals surface area contributed by atoms with Crippen LogP contribution < -0.4 is 5.32 Å². The van der Waals surface area contributed by atoms with E-state index in [0.717, 1.165) is 11.3 Å². The van der Waals surface area contributed by atoms with Crippen LogP contribution in [0.4, 0.5) is 4.39 Å². The van der Waals surface area contributed by atoms with Gasteiger partial charge in [0, 0.05) is 11.6 Å². The van der Waals surface area contributed by atoms with Gasteiger partial charge in [0.05, 0.1) is 21.4 Å². The van der Waals surface area contributed by atoms with Crippen molar-refractivity contribution < 1.29 is 8.81 Å². The Kier molecular flexibility index (Phi) is 3.82. The minimum absolute atomic E-state index is 0.119. The topological polar surface area (TPSA) is 25.2 Å². The van der Waals surface area contributed by atoms with Crippen molar-refractivity contribution in [2.45, 2.75) is 45.2 Å². The highest BCUT2D eigenvalue weighted by Gasteiger charge is 2.26. The summed E-state index contributed by atoms with van der Waals surface area (Å²) in [6.45, 7) is 4.72. The molecular formula is C15H16BrClFNO. The van der Waals surface area contributed by atoms with Crippen LogP contribution in [0.3, 0.4) is 0 Å². The molecule has 2 aromatic rings. The van der Waals surface area contributed by atoms with E-state index in [0.29, 0.717) is 28.0 Å². The number of hydrogen-bond donors (Lipinski definition) is 1. The molecule has 0 aliphatic heterocycles. The van der Waals surface area contributed by atoms with E-state index in [4.69, 9.17) is 16.0 Å². The van der Waals surface area contributed by atoms with Gasteiger partial charge >= 0.3 is 0 Å². The lowest BCUT2D eigenvalue weighted by Gasteiger charge is -2.08. The second kappa shape index (κ2) is 5.32. The third-order valence-corrected chi connectivity index (χ3v) is 4.49. The predicted octanol–water partition coefficient (Wildman–Crippen LogP) is 5.36. The molecule has 1 heterocycles. The van der Waals surface area contributed by atoms with Crippen molar-refractivity contribution in [3.8, 4) is 0 Å². The average Bonchev–Trinajstić information content (AvgIpc) is 3.12. The van der Waals surface area contributed by atoms with Crippen molar-refractivity contribution in [1.82, 2.24) is 5.32 Å². The third-order valence-electron chi connectivity index (χ3n) is 3.63. The van der Waals surface area contributed by atoms with Gasteiger partial charge in [-0.2, -0.15) is 0 Å². The van der Waals surface area contributed by atoms with Crippen LogP contribution in [0.1, 0.15) is 43.9 Å². The number of halogens is 3. The molecule has 0 atom stereocenters. The van der Waals surface area contributed by atoms with Gasteiger partial charge in [-0.3, -0.25) is 0 Å². The van der Waals surface area contributed by atoms with E-state index >= 15 is 0 Å². The normalized spacial score (nSPS) is 15.5. The lowest BCUT2D eigenvalue weighted by atomic mass is 9.99. The summed E-state index contributed by atoms with van der Waals surface area (Å²) < 4.78 is 21.0. The summed E-state index contributed by atoms with van der Waals surface area (Å²) in [5.74, 6) is 0.589. The van der Waals surface area contributed by atoms with Gasteiger partial charge in [0.2, 0.25) is 0 Å². The lowest BCUT2D eigenvalue weighted by molar-refractivity contribution is 0.502. The molecule has 1 aliphatic carbocycles. The summed E-state index contributed by atoms with van der Waals surface area (Å²) >= 11 is 9.36. The van der Waals surface area contributed by atoms with Crippen molar-refractivity contribution in [3.63, 3.8) is 0 Å². The first-order valence-corrected chi connectivity index (χ1v) is 7.98. The Morgan fingerprint density at radius 3 is 2.80 bits per heavy atom. The lowest BCUT2D eigenvalue weighted by Crippen LogP contribution is -2.16. The third kappa shape index (κ3) is 2.49. The Morgan fingerprint density at radius 1 is 1.50 bits per heavy atom. The maximum Gasteiger partial charge on any atom is 0.153 e. The molecule has 0 saturated heterocycles. The Bertz CT molecular complexity index is 664. The van der Waals surface area contributed by atoms with Crippen molar-refractivity contribution in [3.05, 3.63) is 32.7 Å². The fourth-order valence-electron chi connectivity index (χ4n) is 2.50. The van der Waals surface area contributed by atoms with E-state index in [-0.39, 0.29) is 10.9 Å². The minimum atomic E-state index is -0.394. The van der Waals surface area contributed by atoms with Crippen LogP contribution in [0.2, 0.25) is 5.02 Å². The molecule has 2 nitrogen and oxygen atoms in total. The van der Waals surface area contributed by atoms with Crippen molar-refractivity contribution in [2.75, 3.05) is 0 Å². The van der Waals surface area contributed by atoms with Crippen LogP contribution >= 0.6 is 27.5 Å². The van der Waals surface area contributed by atoms with Gasteiger partial charge in [0.1, 0.15) is 5.76 Å². The molecule has 1 aromatic carbocycles. The fourth-order valence-corrected chi connectivity index (χ4v) is 3.35. The summed E-state index contributed by atoms with van der Waals surface area (Å²) in [7, 11) is 0. The number of hydrogen-bond acceptors (Lipinski definition) is 2. The van der Waals surface area contributed by atoms with E-state index in [1.807, 2.05) is 13.8 Å². The Labute approximate surface area is 130 Å². The summed E-state index contributed by atoms with van der Waals surface area (Å²) in [5, 5.41) is 4.04. The second-order valence-corrected chi connectivity index (χ2v) is 6.87. The first-order valence-electron chi connectivity index (χ1n) is 6.81. The number of rotatable bonds is 4. The molecule has 1 aromatic heterocycles. The summed E-state index contributed by atoms with van der Waals surface area (Å²) in [4.78, 5) is 0. The standard InChI is InChI=1S/C15H16BrClFNO/c1-7(2)12-11(6-19-8-3-4-8)20-15-9(16)5-10(17)14(18)13(12)15/h5,7-8,19H,3-4,6H2,1-2H3. The largest absolute Gasteiger partial charge is 0.458 e. The van der Waals surface area contributed by atoms with Crippen LogP contribution in [0.5, 0.6) is 0 Å². The maximum absolute atomic E-state index is 14.4. The van der Waals surface area contributed by atoms with Crippen molar-refractivity contribution >= 4 is 38.5 Å². The van der Waals surface area contributed by atoms with Gasteiger partial charge in [-0.05, 0) is 40.8 Å². The molecular weight excluding hydrogens is 345 g/mol. The molecule has 1 saturated carbocycles. The van der Waals surface area contributed by atoms with Gasteiger partial charge < -0.3 is 9.73 Å². The van der Waals surface area contributed by atoms with Crippen molar-refractivity contribution in [2.24, 2.45) is 0 Å². The van der Waals surface area contributed by atoms with E-state index in [2.05, 4.69) is 21.2 Å². The highest BCUT2D eigenvalue weighted by molar-refractivity contribution is 9.10. The number of fused-ring (bicyclic) bond motifs is 1. The molecule has 0 radical (unpaired) electrons. The number of benzene rings is 1. The van der Waals surface area contributed by atoms with Crippen LogP contribution in [-0.2, 0) is 6.54 Å². The zero-order valence-electron chi connectivity index (χ0n) is 11.4. The SMILES string of the molecule is CC(C)c1c(CNC2CC2)oc2c(Br)cc(Cl)c(F)c12. The quantitative estimate of drug-likeness (QED) is 0.742. The number of furan rings is 1. The monoisotopic (exact) mass is 359 g/mol. The Hall–Kier alpha value is -0.580. The second-order valence-electron chi connectivity index (χ2n) is 5.61. The molecule has 3 rings (SSSR count). The first kappa shape index (κ1) is 14.4. The smallest absolute Gasteiger partial charge is 0.153 e. The Balaban J connectivity index is 2.16. The molecule has 0 unspecified atom stereocenters. The van der Waals surface area contributed by atoms with Crippen molar-refractivity contribution in [1.29, 1.82) is 0 Å². The zero-order valence-corrected chi connectivity index (χ0v) is 13.7. The number of nitrogens with one attached hydrogen (secondary N) is 1. The molecule has 0 spiro atoms. The summed E-state index contributed by atoms with van der Waals surface area (Å²) in [5.41, 5.74) is 1.46. The van der Waals surface area contributed by atoms with E-state index < -0.39 is 5.82 Å². The highest BCUT2D eigenvalue weighted by Crippen LogP contribution is 2.40. The molecule has 0 amide bonds. The van der Waals surface area contributed by atoms with E-state index in [1.165, 1.54) is 12.8 Å². The Morgan fingerprint density at radius 2 is 2.20 bits per heavy atom. The molecule has 1 fully saturated rings. The molecule has 20 heavy (non-hydrogen) atoms. The van der Waals surface area contributed by atoms with Crippen LogP contribution in [0.15, 0.2) is 15.0 Å². The maximum atomic E-state index is 14.4. The molecule has 1 aliphatic rings. The molecule has 1 N–H and O–H groups in total. The molecule has 0 bridgehead atoms. The van der Waals surface area contributed by atoms with Gasteiger partial charge in [0.25, 0.3) is 0 Å². The summed E-state index contributed by atoms with van der Waals surface area (Å²) in [6.07, 6.45) is 2.42. The molecule has 5 heteroatoms. The molecule has 108 valence electrons. The first-order chi connectivity index (χ1) is 9.49. The van der Waals surface area contributed by atoms with Crippen LogP contribution in [0, 0.1) is 5.82 Å². The summed E-state index contributed by atoms with van der Waals surface area (Å²) in [6, 6.07) is 2.13. The fraction of sp³-hybridized carbons (Fsp3) is 0.467.